The van der Waals surface area contributed by atoms with Crippen LogP contribution < -0.4 is 0 Å². The lowest BCUT2D eigenvalue weighted by atomic mass is 10.2. The van der Waals surface area contributed by atoms with Gasteiger partial charge in [-0.3, -0.25) is 0 Å². The van der Waals surface area contributed by atoms with Crippen molar-refractivity contribution in [3.63, 3.8) is 0 Å². The Morgan fingerprint density at radius 2 is 2.23 bits per heavy atom. The maximum absolute atomic E-state index is 13.2. The molecular weight excluding hydrogens is 177 g/mol. The maximum atomic E-state index is 13.2. The van der Waals surface area contributed by atoms with E-state index in [1.165, 1.54) is 0 Å². The predicted molar refractivity (Wildman–Crippen MR) is 41.1 cm³/mol. The van der Waals surface area contributed by atoms with Gasteiger partial charge >= 0.3 is 5.97 Å². The molecule has 0 fully saturated rings. The second-order valence-electron chi connectivity index (χ2n) is 3.14. The first-order valence-corrected chi connectivity index (χ1v) is 3.90. The van der Waals surface area contributed by atoms with E-state index in [2.05, 4.69) is 4.98 Å². The minimum absolute atomic E-state index is 0.199. The molecule has 3 N–H and O–H groups in total. The van der Waals surface area contributed by atoms with Crippen LogP contribution in [0.1, 0.15) is 21.7 Å². The summed E-state index contributed by atoms with van der Waals surface area (Å²) in [6.45, 7) is 0. The molecule has 1 aromatic heterocycles. The molecule has 2 rings (SSSR count). The monoisotopic (exact) mass is 185 g/mol. The average Bonchev–Trinajstić information content (AvgIpc) is 2.51. The zero-order valence-electron chi connectivity index (χ0n) is 6.67. The van der Waals surface area contributed by atoms with Crippen LogP contribution in [0.15, 0.2) is 0 Å². The number of aromatic amines is 1. The minimum atomic E-state index is -1.30. The number of H-pyrrole nitrogens is 1. The molecule has 1 heterocycles. The summed E-state index contributed by atoms with van der Waals surface area (Å²) in [5, 5.41) is 17.7. The summed E-state index contributed by atoms with van der Waals surface area (Å²) in [6.07, 6.45) is -0.0802. The van der Waals surface area contributed by atoms with E-state index in [0.29, 0.717) is 17.7 Å². The predicted octanol–water partition coefficient (Wildman–Crippen LogP) is 0.311. The highest BCUT2D eigenvalue weighted by Crippen LogP contribution is 2.26. The summed E-state index contributed by atoms with van der Waals surface area (Å²) in [6, 6.07) is 0. The highest BCUT2D eigenvalue weighted by atomic mass is 19.1. The first kappa shape index (κ1) is 8.25. The molecule has 0 bridgehead atoms. The Bertz CT molecular complexity index is 372. The number of carbonyl (C=O) groups is 1. The first-order valence-electron chi connectivity index (χ1n) is 3.90. The lowest BCUT2D eigenvalue weighted by Crippen LogP contribution is -2.08. The molecule has 1 aromatic rings. The third-order valence-corrected chi connectivity index (χ3v) is 2.22. The fourth-order valence-electron chi connectivity index (χ4n) is 1.64. The Labute approximate surface area is 73.0 Å². The summed E-state index contributed by atoms with van der Waals surface area (Å²) >= 11 is 0. The molecule has 70 valence electrons. The van der Waals surface area contributed by atoms with E-state index >= 15 is 0 Å². The molecule has 13 heavy (non-hydrogen) atoms. The molecule has 0 saturated heterocycles. The van der Waals surface area contributed by atoms with Crippen LogP contribution in [0.5, 0.6) is 0 Å². The van der Waals surface area contributed by atoms with Crippen molar-refractivity contribution in [1.82, 2.24) is 4.98 Å². The van der Waals surface area contributed by atoms with Crippen molar-refractivity contribution in [3.05, 3.63) is 22.8 Å². The Morgan fingerprint density at radius 3 is 2.77 bits per heavy atom. The van der Waals surface area contributed by atoms with E-state index < -0.39 is 23.6 Å². The van der Waals surface area contributed by atoms with E-state index in [1.54, 1.807) is 0 Å². The summed E-state index contributed by atoms with van der Waals surface area (Å²) in [5.74, 6) is -2.04. The normalized spacial score (nSPS) is 20.3. The molecule has 0 radical (unpaired) electrons. The van der Waals surface area contributed by atoms with Gasteiger partial charge in [-0.15, -0.1) is 0 Å². The summed E-state index contributed by atoms with van der Waals surface area (Å²) in [5.41, 5.74) is 0.407. The number of hydrogen-bond acceptors (Lipinski definition) is 2. The van der Waals surface area contributed by atoms with Gasteiger partial charge < -0.3 is 15.2 Å². The Kier molecular flexibility index (Phi) is 1.63. The number of halogens is 1. The molecule has 4 nitrogen and oxygen atoms in total. The van der Waals surface area contributed by atoms with Gasteiger partial charge in [0.05, 0.1) is 6.10 Å². The fraction of sp³-hybridized carbons (Fsp3) is 0.375. The second kappa shape index (κ2) is 2.56. The van der Waals surface area contributed by atoms with Gasteiger partial charge in [0.15, 0.2) is 11.5 Å². The van der Waals surface area contributed by atoms with Crippen LogP contribution in [0.2, 0.25) is 0 Å². The minimum Gasteiger partial charge on any atom is -0.476 e. The van der Waals surface area contributed by atoms with Crippen molar-refractivity contribution >= 4 is 5.97 Å². The molecule has 1 atom stereocenters. The molecule has 0 unspecified atom stereocenters. The van der Waals surface area contributed by atoms with Crippen LogP contribution >= 0.6 is 0 Å². The summed E-state index contributed by atoms with van der Waals surface area (Å²) in [7, 11) is 0. The van der Waals surface area contributed by atoms with Crippen molar-refractivity contribution in [2.24, 2.45) is 0 Å². The smallest absolute Gasteiger partial charge is 0.355 e. The van der Waals surface area contributed by atoms with Crippen LogP contribution in [-0.2, 0) is 12.8 Å². The van der Waals surface area contributed by atoms with Gasteiger partial charge in [0.1, 0.15) is 0 Å². The van der Waals surface area contributed by atoms with Crippen molar-refractivity contribution in [2.75, 3.05) is 0 Å². The molecule has 0 saturated carbocycles. The van der Waals surface area contributed by atoms with Gasteiger partial charge in [-0.2, -0.15) is 0 Å². The quantitative estimate of drug-likeness (QED) is 0.589. The largest absolute Gasteiger partial charge is 0.476 e. The molecular formula is C8H8FNO3. The third-order valence-electron chi connectivity index (χ3n) is 2.22. The van der Waals surface area contributed by atoms with Crippen molar-refractivity contribution in [3.8, 4) is 0 Å². The first-order chi connectivity index (χ1) is 6.09. The molecule has 0 spiro atoms. The van der Waals surface area contributed by atoms with Crippen LogP contribution in [0.25, 0.3) is 0 Å². The SMILES string of the molecule is O=C(O)c1[nH]c2c(c1F)C[C@@H](O)C2. The van der Waals surface area contributed by atoms with Gasteiger partial charge in [-0.05, 0) is 0 Å². The van der Waals surface area contributed by atoms with E-state index in [0.717, 1.165) is 0 Å². The summed E-state index contributed by atoms with van der Waals surface area (Å²) in [4.78, 5) is 12.9. The maximum Gasteiger partial charge on any atom is 0.355 e. The van der Waals surface area contributed by atoms with Crippen LogP contribution in [0.4, 0.5) is 4.39 Å². The molecule has 0 amide bonds. The fourth-order valence-corrected chi connectivity index (χ4v) is 1.64. The van der Waals surface area contributed by atoms with E-state index in [4.69, 9.17) is 10.2 Å². The number of fused-ring (bicyclic) bond motifs is 1. The Morgan fingerprint density at radius 1 is 1.54 bits per heavy atom. The van der Waals surface area contributed by atoms with Gasteiger partial charge in [0.2, 0.25) is 0 Å². The molecule has 0 aliphatic heterocycles. The highest BCUT2D eigenvalue weighted by molar-refractivity contribution is 5.86. The number of aromatic carboxylic acids is 1. The van der Waals surface area contributed by atoms with E-state index in [1.807, 2.05) is 0 Å². The Hall–Kier alpha value is -1.36. The topological polar surface area (TPSA) is 73.3 Å². The van der Waals surface area contributed by atoms with Crippen molar-refractivity contribution in [2.45, 2.75) is 18.9 Å². The molecule has 1 aliphatic carbocycles. The summed E-state index contributed by atoms with van der Waals surface area (Å²) < 4.78 is 13.2. The average molecular weight is 185 g/mol. The van der Waals surface area contributed by atoms with Crippen LogP contribution in [-0.4, -0.2) is 27.3 Å². The van der Waals surface area contributed by atoms with E-state index in [9.17, 15) is 9.18 Å². The van der Waals surface area contributed by atoms with Crippen molar-refractivity contribution < 1.29 is 19.4 Å². The van der Waals surface area contributed by atoms with Crippen LogP contribution in [0, 0.1) is 5.82 Å². The number of carboxylic acids is 1. The number of carboxylic acid groups (broad SMARTS) is 1. The van der Waals surface area contributed by atoms with Crippen LogP contribution in [0.3, 0.4) is 0 Å². The molecule has 1 aliphatic rings. The number of aliphatic hydroxyl groups excluding tert-OH is 1. The number of rotatable bonds is 1. The van der Waals surface area contributed by atoms with Gasteiger partial charge in [0, 0.05) is 24.1 Å². The highest BCUT2D eigenvalue weighted by Gasteiger charge is 2.29. The van der Waals surface area contributed by atoms with Gasteiger partial charge in [-0.1, -0.05) is 0 Å². The Balaban J connectivity index is 2.47. The lowest BCUT2D eigenvalue weighted by molar-refractivity contribution is 0.0685. The number of hydrogen-bond donors (Lipinski definition) is 3. The van der Waals surface area contributed by atoms with Crippen molar-refractivity contribution in [1.29, 1.82) is 0 Å². The number of aromatic nitrogens is 1. The van der Waals surface area contributed by atoms with E-state index in [-0.39, 0.29) is 6.42 Å². The zero-order chi connectivity index (χ0) is 9.59. The molecule has 5 heteroatoms. The number of aliphatic hydroxyl groups is 1. The van der Waals surface area contributed by atoms with Gasteiger partial charge in [0.25, 0.3) is 0 Å². The molecule has 0 aromatic carbocycles. The number of nitrogens with one attached hydrogen (secondary N) is 1. The third kappa shape index (κ3) is 1.12. The standard InChI is InChI=1S/C8H8FNO3/c9-6-4-1-3(11)2-5(4)10-7(6)8(12)13/h3,10-11H,1-2H2,(H,12,13)/t3-/m1/s1. The lowest BCUT2D eigenvalue weighted by Gasteiger charge is -1.97. The second-order valence-corrected chi connectivity index (χ2v) is 3.14. The van der Waals surface area contributed by atoms with Gasteiger partial charge in [-0.25, -0.2) is 9.18 Å². The zero-order valence-corrected chi connectivity index (χ0v) is 6.67.